The number of rotatable bonds is 1. The van der Waals surface area contributed by atoms with Gasteiger partial charge in [-0.25, -0.2) is 0 Å². The molecule has 0 spiro atoms. The molecule has 0 radical (unpaired) electrons. The highest BCUT2D eigenvalue weighted by Crippen LogP contribution is 1.70. The van der Waals surface area contributed by atoms with Crippen LogP contribution in [0.1, 0.15) is 0 Å². The third-order valence-electron chi connectivity index (χ3n) is 0.787. The lowest BCUT2D eigenvalue weighted by Crippen LogP contribution is -2.30. The zero-order chi connectivity index (χ0) is 5.98. The predicted octanol–water partition coefficient (Wildman–Crippen LogP) is -2.74. The first-order valence-corrected chi connectivity index (χ1v) is 2.16. The Balaban J connectivity index is 0.000000640. The molecule has 0 saturated carbocycles. The van der Waals surface area contributed by atoms with Crippen LogP contribution >= 0.6 is 0 Å². The lowest BCUT2D eigenvalue weighted by atomic mass is 9.87. The third kappa shape index (κ3) is 1.84. The molecule has 0 fully saturated rings. The summed E-state index contributed by atoms with van der Waals surface area (Å²) in [5.41, 5.74) is 0.241. The molecule has 1 rings (SSSR count). The van der Waals surface area contributed by atoms with Crippen molar-refractivity contribution in [2.24, 2.45) is 0 Å². The molecule has 0 aromatic carbocycles. The van der Waals surface area contributed by atoms with Gasteiger partial charge in [0.15, 0.2) is 0 Å². The van der Waals surface area contributed by atoms with E-state index in [1.54, 1.807) is 0 Å². The second-order valence-electron chi connectivity index (χ2n) is 1.37. The Hall–Kier alpha value is -0.845. The molecule has 1 heterocycles. The molecule has 0 amide bonds. The van der Waals surface area contributed by atoms with Crippen molar-refractivity contribution in [1.82, 2.24) is 10.2 Å². The minimum Gasteiger partial charge on any atom is -0.422 e. The first-order chi connectivity index (χ1) is 3.80. The van der Waals surface area contributed by atoms with E-state index in [1.165, 1.54) is 12.3 Å². The summed E-state index contributed by atoms with van der Waals surface area (Å²) in [5, 5.41) is 22.7. The number of aromatic amines is 1. The first-order valence-electron chi connectivity index (χ1n) is 2.16. The maximum atomic E-state index is 8.39. The van der Waals surface area contributed by atoms with Crippen molar-refractivity contribution in [2.75, 3.05) is 0 Å². The van der Waals surface area contributed by atoms with Crippen LogP contribution in [0.3, 0.4) is 0 Å². The Morgan fingerprint density at radius 3 is 2.44 bits per heavy atom. The number of nitrogens with zero attached hydrogens (tertiary/aromatic N) is 1. The van der Waals surface area contributed by atoms with E-state index in [4.69, 9.17) is 10.0 Å². The standard InChI is InChI=1S/C3H5BN2O2.H2O/c7-4(8)3-1-2-5-6-3;/h1-2,7-8H,(H,5,6);1H2. The summed E-state index contributed by atoms with van der Waals surface area (Å²) in [5.74, 6) is 0. The highest BCUT2D eigenvalue weighted by atomic mass is 16.4. The molecule has 5 N–H and O–H groups in total. The molecular formula is C3H7BN2O3. The first kappa shape index (κ1) is 8.15. The van der Waals surface area contributed by atoms with Crippen LogP contribution in [0.4, 0.5) is 0 Å². The van der Waals surface area contributed by atoms with Crippen molar-refractivity contribution < 1.29 is 15.5 Å². The molecule has 0 unspecified atom stereocenters. The Labute approximate surface area is 51.8 Å². The average Bonchev–Trinajstić information content (AvgIpc) is 2.12. The summed E-state index contributed by atoms with van der Waals surface area (Å²) in [4.78, 5) is 0. The van der Waals surface area contributed by atoms with Gasteiger partial charge in [0.2, 0.25) is 0 Å². The molecule has 0 saturated heterocycles. The van der Waals surface area contributed by atoms with E-state index < -0.39 is 7.12 Å². The fraction of sp³-hybridized carbons (Fsp3) is 0. The molecule has 0 aliphatic carbocycles. The van der Waals surface area contributed by atoms with Crippen LogP contribution in [0.2, 0.25) is 0 Å². The smallest absolute Gasteiger partial charge is 0.422 e. The van der Waals surface area contributed by atoms with Crippen molar-refractivity contribution >= 4 is 12.7 Å². The number of aromatic nitrogens is 2. The van der Waals surface area contributed by atoms with Crippen LogP contribution in [0, 0.1) is 0 Å². The zero-order valence-electron chi connectivity index (χ0n) is 4.57. The number of nitrogens with one attached hydrogen (secondary N) is 1. The summed E-state index contributed by atoms with van der Waals surface area (Å²) in [6.45, 7) is 0. The number of hydrogen-bond donors (Lipinski definition) is 3. The molecule has 6 heteroatoms. The summed E-state index contributed by atoms with van der Waals surface area (Å²) >= 11 is 0. The predicted molar refractivity (Wildman–Crippen MR) is 32.0 cm³/mol. The molecule has 50 valence electrons. The maximum Gasteiger partial charge on any atom is 0.510 e. The Bertz CT molecular complexity index is 152. The van der Waals surface area contributed by atoms with Gasteiger partial charge in [0.25, 0.3) is 0 Å². The van der Waals surface area contributed by atoms with Crippen molar-refractivity contribution in [2.45, 2.75) is 0 Å². The maximum absolute atomic E-state index is 8.39. The highest BCUT2D eigenvalue weighted by Gasteiger charge is 2.11. The topological polar surface area (TPSA) is 101 Å². The molecule has 9 heavy (non-hydrogen) atoms. The van der Waals surface area contributed by atoms with Gasteiger partial charge in [0, 0.05) is 6.20 Å². The largest absolute Gasteiger partial charge is 0.510 e. The highest BCUT2D eigenvalue weighted by molar-refractivity contribution is 6.57. The van der Waals surface area contributed by atoms with Gasteiger partial charge in [-0.2, -0.15) is 5.10 Å². The van der Waals surface area contributed by atoms with Gasteiger partial charge in [0.1, 0.15) is 0 Å². The monoisotopic (exact) mass is 130 g/mol. The minimum absolute atomic E-state index is 0. The Kier molecular flexibility index (Phi) is 2.93. The fourth-order valence-corrected chi connectivity index (χ4v) is 0.416. The van der Waals surface area contributed by atoms with Crippen molar-refractivity contribution in [1.29, 1.82) is 0 Å². The van der Waals surface area contributed by atoms with E-state index in [9.17, 15) is 0 Å². The molecule has 1 aromatic rings. The van der Waals surface area contributed by atoms with Gasteiger partial charge < -0.3 is 15.5 Å². The van der Waals surface area contributed by atoms with E-state index in [2.05, 4.69) is 10.2 Å². The zero-order valence-corrected chi connectivity index (χ0v) is 4.57. The van der Waals surface area contributed by atoms with Crippen LogP contribution < -0.4 is 5.59 Å². The second-order valence-corrected chi connectivity index (χ2v) is 1.37. The summed E-state index contributed by atoms with van der Waals surface area (Å²) < 4.78 is 0. The van der Waals surface area contributed by atoms with Gasteiger partial charge in [-0.05, 0) is 6.07 Å². The van der Waals surface area contributed by atoms with Crippen LogP contribution in [0.5, 0.6) is 0 Å². The van der Waals surface area contributed by atoms with Crippen LogP contribution in [-0.2, 0) is 0 Å². The van der Waals surface area contributed by atoms with E-state index in [0.29, 0.717) is 0 Å². The molecule has 0 aliphatic rings. The number of hydrogen-bond acceptors (Lipinski definition) is 3. The van der Waals surface area contributed by atoms with E-state index in [0.717, 1.165) is 0 Å². The molecule has 0 bridgehead atoms. The molecule has 0 atom stereocenters. The van der Waals surface area contributed by atoms with E-state index in [1.807, 2.05) is 0 Å². The van der Waals surface area contributed by atoms with Crippen LogP contribution in [0.25, 0.3) is 0 Å². The second kappa shape index (κ2) is 3.23. The lowest BCUT2D eigenvalue weighted by molar-refractivity contribution is 0.424. The minimum atomic E-state index is -1.46. The lowest BCUT2D eigenvalue weighted by Gasteiger charge is -1.85. The Morgan fingerprint density at radius 2 is 2.22 bits per heavy atom. The van der Waals surface area contributed by atoms with E-state index in [-0.39, 0.29) is 11.1 Å². The third-order valence-corrected chi connectivity index (χ3v) is 0.787. The molecule has 0 aliphatic heterocycles. The SMILES string of the molecule is O.OB(O)c1cc[nH]n1. The number of H-pyrrole nitrogens is 1. The quantitative estimate of drug-likeness (QED) is 0.359. The normalized spacial score (nSPS) is 8.22. The average molecular weight is 130 g/mol. The molecule has 5 nitrogen and oxygen atoms in total. The van der Waals surface area contributed by atoms with Crippen LogP contribution in [0.15, 0.2) is 12.3 Å². The summed E-state index contributed by atoms with van der Waals surface area (Å²) in [6, 6.07) is 1.49. The van der Waals surface area contributed by atoms with Gasteiger partial charge in [-0.15, -0.1) is 0 Å². The fourth-order valence-electron chi connectivity index (χ4n) is 0.416. The van der Waals surface area contributed by atoms with Crippen molar-refractivity contribution in [3.05, 3.63) is 12.3 Å². The van der Waals surface area contributed by atoms with Gasteiger partial charge in [-0.1, -0.05) is 0 Å². The van der Waals surface area contributed by atoms with Gasteiger partial charge in [-0.3, -0.25) is 5.10 Å². The van der Waals surface area contributed by atoms with Gasteiger partial charge in [0.05, 0.1) is 5.59 Å². The summed E-state index contributed by atoms with van der Waals surface area (Å²) in [6.07, 6.45) is 1.52. The van der Waals surface area contributed by atoms with Crippen LogP contribution in [-0.4, -0.2) is 32.8 Å². The Morgan fingerprint density at radius 1 is 1.56 bits per heavy atom. The van der Waals surface area contributed by atoms with Gasteiger partial charge >= 0.3 is 7.12 Å². The van der Waals surface area contributed by atoms with E-state index >= 15 is 0 Å². The van der Waals surface area contributed by atoms with Crippen molar-refractivity contribution in [3.8, 4) is 0 Å². The summed E-state index contributed by atoms with van der Waals surface area (Å²) in [7, 11) is -1.46. The molecular weight excluding hydrogens is 123 g/mol. The van der Waals surface area contributed by atoms with Crippen molar-refractivity contribution in [3.63, 3.8) is 0 Å². The molecule has 1 aromatic heterocycles.